The van der Waals surface area contributed by atoms with E-state index in [2.05, 4.69) is 18.8 Å². The first-order chi connectivity index (χ1) is 8.58. The van der Waals surface area contributed by atoms with Crippen LogP contribution in [0.1, 0.15) is 12.5 Å². The van der Waals surface area contributed by atoms with E-state index in [9.17, 15) is 0 Å². The van der Waals surface area contributed by atoms with Crippen molar-refractivity contribution in [2.75, 3.05) is 0 Å². The molecule has 0 saturated heterocycles. The summed E-state index contributed by atoms with van der Waals surface area (Å²) in [5.74, 6) is 0.376. The molecular formula is C15H14Cl2N. The molecule has 0 aliphatic heterocycles. The van der Waals surface area contributed by atoms with Crippen LogP contribution in [0.2, 0.25) is 10.0 Å². The van der Waals surface area contributed by atoms with E-state index in [1.54, 1.807) is 0 Å². The van der Waals surface area contributed by atoms with Crippen LogP contribution in [0.5, 0.6) is 0 Å². The minimum absolute atomic E-state index is 0.376. The van der Waals surface area contributed by atoms with Crippen LogP contribution in [0.3, 0.4) is 0 Å². The monoisotopic (exact) mass is 278 g/mol. The Morgan fingerprint density at radius 3 is 2.33 bits per heavy atom. The van der Waals surface area contributed by atoms with Crippen LogP contribution in [-0.4, -0.2) is 4.98 Å². The van der Waals surface area contributed by atoms with Gasteiger partial charge < -0.3 is 0 Å². The van der Waals surface area contributed by atoms with E-state index < -0.39 is 0 Å². The highest BCUT2D eigenvalue weighted by Crippen LogP contribution is 2.33. The maximum atomic E-state index is 6.15. The first-order valence-electron chi connectivity index (χ1n) is 5.80. The van der Waals surface area contributed by atoms with Crippen molar-refractivity contribution in [3.8, 4) is 11.3 Å². The van der Waals surface area contributed by atoms with Gasteiger partial charge in [-0.15, -0.1) is 0 Å². The van der Waals surface area contributed by atoms with Gasteiger partial charge in [-0.1, -0.05) is 49.2 Å². The third-order valence-electron chi connectivity index (χ3n) is 2.63. The molecule has 3 heteroatoms. The maximum Gasteiger partial charge on any atom is 0.0732 e. The molecule has 1 atom stereocenters. The Bertz CT molecular complexity index is 512. The summed E-state index contributed by atoms with van der Waals surface area (Å²) in [5, 5.41) is 1.24. The molecule has 2 aromatic rings. The molecule has 0 N–H and O–H groups in total. The van der Waals surface area contributed by atoms with Crippen molar-refractivity contribution in [1.29, 1.82) is 0 Å². The van der Waals surface area contributed by atoms with Crippen LogP contribution in [-0.2, 0) is 6.42 Å². The van der Waals surface area contributed by atoms with Crippen molar-refractivity contribution in [3.05, 3.63) is 59.1 Å². The second kappa shape index (κ2) is 5.73. The van der Waals surface area contributed by atoms with E-state index in [0.717, 1.165) is 17.7 Å². The molecular weight excluding hydrogens is 265 g/mol. The highest BCUT2D eigenvalue weighted by Gasteiger charge is 2.09. The number of benzene rings is 1. The summed E-state index contributed by atoms with van der Waals surface area (Å²) in [6.45, 7) is 6.05. The Morgan fingerprint density at radius 1 is 1.17 bits per heavy atom. The number of rotatable bonds is 3. The molecule has 0 saturated carbocycles. The quantitative estimate of drug-likeness (QED) is 0.764. The minimum Gasteiger partial charge on any atom is -0.256 e. The molecule has 1 radical (unpaired) electrons. The van der Waals surface area contributed by atoms with Crippen molar-refractivity contribution in [2.24, 2.45) is 5.92 Å². The summed E-state index contributed by atoms with van der Waals surface area (Å²) in [5.41, 5.74) is 2.76. The second-order valence-electron chi connectivity index (χ2n) is 4.46. The van der Waals surface area contributed by atoms with Gasteiger partial charge in [0.2, 0.25) is 0 Å². The normalized spacial score (nSPS) is 10.9. The van der Waals surface area contributed by atoms with E-state index >= 15 is 0 Å². The second-order valence-corrected chi connectivity index (χ2v) is 5.27. The summed E-state index contributed by atoms with van der Waals surface area (Å²) >= 11 is 12.3. The highest BCUT2D eigenvalue weighted by molar-refractivity contribution is 6.39. The summed E-state index contributed by atoms with van der Waals surface area (Å²) in [6.07, 6.45) is 2.78. The van der Waals surface area contributed by atoms with Gasteiger partial charge in [0.05, 0.1) is 15.7 Å². The molecule has 0 bridgehead atoms. The van der Waals surface area contributed by atoms with Crippen molar-refractivity contribution >= 4 is 23.2 Å². The first-order valence-corrected chi connectivity index (χ1v) is 6.56. The standard InChI is InChI=1S/C15H14Cl2N/c1-10(2)8-11-6-7-14(18-9-11)15-12(16)4-3-5-13(15)17/h3-7,9-10H,1,8H2,2H3/t10-/m0/s1. The lowest BCUT2D eigenvalue weighted by molar-refractivity contribution is 0.717. The fourth-order valence-corrected chi connectivity index (χ4v) is 2.43. The first kappa shape index (κ1) is 13.4. The highest BCUT2D eigenvalue weighted by atomic mass is 35.5. The Balaban J connectivity index is 2.35. The van der Waals surface area contributed by atoms with Gasteiger partial charge in [0, 0.05) is 11.8 Å². The van der Waals surface area contributed by atoms with Gasteiger partial charge in [0.25, 0.3) is 0 Å². The number of halogens is 2. The van der Waals surface area contributed by atoms with Gasteiger partial charge in [-0.25, -0.2) is 0 Å². The van der Waals surface area contributed by atoms with E-state index in [0.29, 0.717) is 16.0 Å². The Hall–Kier alpha value is -1.05. The Kier molecular flexibility index (Phi) is 4.26. The van der Waals surface area contributed by atoms with Crippen LogP contribution in [0, 0.1) is 12.8 Å². The van der Waals surface area contributed by atoms with Crippen LogP contribution >= 0.6 is 23.2 Å². The van der Waals surface area contributed by atoms with Crippen molar-refractivity contribution in [3.63, 3.8) is 0 Å². The fraction of sp³-hybridized carbons (Fsp3) is 0.200. The third kappa shape index (κ3) is 3.04. The number of pyridine rings is 1. The molecule has 0 aliphatic carbocycles. The van der Waals surface area contributed by atoms with Crippen LogP contribution < -0.4 is 0 Å². The van der Waals surface area contributed by atoms with Gasteiger partial charge in [-0.05, 0) is 36.1 Å². The molecule has 1 heterocycles. The zero-order chi connectivity index (χ0) is 13.1. The molecule has 2 rings (SSSR count). The van der Waals surface area contributed by atoms with E-state index in [1.165, 1.54) is 5.56 Å². The average Bonchev–Trinajstić information content (AvgIpc) is 2.30. The number of hydrogen-bond donors (Lipinski definition) is 0. The van der Waals surface area contributed by atoms with E-state index in [4.69, 9.17) is 23.2 Å². The number of nitrogens with zero attached hydrogens (tertiary/aromatic N) is 1. The zero-order valence-corrected chi connectivity index (χ0v) is 11.7. The van der Waals surface area contributed by atoms with E-state index in [1.807, 2.05) is 36.5 Å². The van der Waals surface area contributed by atoms with Crippen molar-refractivity contribution in [1.82, 2.24) is 4.98 Å². The van der Waals surface area contributed by atoms with Crippen molar-refractivity contribution < 1.29 is 0 Å². The summed E-state index contributed by atoms with van der Waals surface area (Å²) in [4.78, 5) is 4.43. The SMILES string of the molecule is [CH2][C@@H](C)Cc1ccc(-c2c(Cl)cccc2Cl)nc1. The lowest BCUT2D eigenvalue weighted by Gasteiger charge is -2.08. The van der Waals surface area contributed by atoms with Crippen molar-refractivity contribution in [2.45, 2.75) is 13.3 Å². The smallest absolute Gasteiger partial charge is 0.0732 e. The molecule has 1 aromatic carbocycles. The lowest BCUT2D eigenvalue weighted by Crippen LogP contribution is -1.95. The summed E-state index contributed by atoms with van der Waals surface area (Å²) < 4.78 is 0. The predicted octanol–water partition coefficient (Wildman–Crippen LogP) is 5.07. The topological polar surface area (TPSA) is 12.9 Å². The molecule has 0 fully saturated rings. The molecule has 0 aliphatic rings. The molecule has 1 aromatic heterocycles. The maximum absolute atomic E-state index is 6.15. The van der Waals surface area contributed by atoms with Gasteiger partial charge in [0.15, 0.2) is 0 Å². The lowest BCUT2D eigenvalue weighted by atomic mass is 10.0. The third-order valence-corrected chi connectivity index (χ3v) is 3.26. The van der Waals surface area contributed by atoms with Crippen LogP contribution in [0.25, 0.3) is 11.3 Å². The molecule has 0 unspecified atom stereocenters. The molecule has 18 heavy (non-hydrogen) atoms. The van der Waals surface area contributed by atoms with Crippen LogP contribution in [0.4, 0.5) is 0 Å². The van der Waals surface area contributed by atoms with Gasteiger partial charge >= 0.3 is 0 Å². The number of hydrogen-bond acceptors (Lipinski definition) is 1. The minimum atomic E-state index is 0.376. The summed E-state index contributed by atoms with van der Waals surface area (Å²) in [7, 11) is 0. The predicted molar refractivity (Wildman–Crippen MR) is 77.9 cm³/mol. The largest absolute Gasteiger partial charge is 0.256 e. The molecule has 0 spiro atoms. The average molecular weight is 279 g/mol. The van der Waals surface area contributed by atoms with E-state index in [-0.39, 0.29) is 0 Å². The number of aromatic nitrogens is 1. The zero-order valence-electron chi connectivity index (χ0n) is 10.2. The molecule has 1 nitrogen and oxygen atoms in total. The Morgan fingerprint density at radius 2 is 1.83 bits per heavy atom. The van der Waals surface area contributed by atoms with Gasteiger partial charge in [0.1, 0.15) is 0 Å². The van der Waals surface area contributed by atoms with Gasteiger partial charge in [-0.2, -0.15) is 0 Å². The fourth-order valence-electron chi connectivity index (χ4n) is 1.84. The Labute approximate surface area is 118 Å². The molecule has 0 amide bonds. The summed E-state index contributed by atoms with van der Waals surface area (Å²) in [6, 6.07) is 9.45. The molecule has 93 valence electrons. The van der Waals surface area contributed by atoms with Crippen LogP contribution in [0.15, 0.2) is 36.5 Å². The van der Waals surface area contributed by atoms with Gasteiger partial charge in [-0.3, -0.25) is 4.98 Å².